The van der Waals surface area contributed by atoms with Crippen LogP contribution < -0.4 is 0 Å². The van der Waals surface area contributed by atoms with E-state index in [1.54, 1.807) is 22.3 Å². The Bertz CT molecular complexity index is 443. The molecule has 0 amide bonds. The van der Waals surface area contributed by atoms with E-state index in [0.717, 1.165) is 5.92 Å². The number of fused-ring (bicyclic) bond motifs is 1. The molecule has 112 valence electrons. The first kappa shape index (κ1) is 15.6. The van der Waals surface area contributed by atoms with Crippen molar-refractivity contribution in [1.82, 2.24) is 0 Å². The zero-order valence-corrected chi connectivity index (χ0v) is 14.2. The third kappa shape index (κ3) is 3.45. The summed E-state index contributed by atoms with van der Waals surface area (Å²) in [6.45, 7) is 11.8. The Labute approximate surface area is 126 Å². The van der Waals surface area contributed by atoms with E-state index in [1.165, 1.54) is 44.9 Å². The molecule has 2 atom stereocenters. The second-order valence-electron chi connectivity index (χ2n) is 7.61. The van der Waals surface area contributed by atoms with Gasteiger partial charge in [-0.1, -0.05) is 41.4 Å². The standard InChI is InChI=1S/C20H32/c1-15(2)18-12-14-20(5)13-11-17(4)8-6-7-16(3)9-10-19(18)20/h7,11,19H,6,8-10,12-14H2,1-5H3/b16-7?,17-11+/t19-,20-/m1/s1. The largest absolute Gasteiger partial charge is 0.0853 e. The van der Waals surface area contributed by atoms with Gasteiger partial charge in [0, 0.05) is 0 Å². The summed E-state index contributed by atoms with van der Waals surface area (Å²) in [7, 11) is 0. The van der Waals surface area contributed by atoms with Crippen LogP contribution in [-0.4, -0.2) is 0 Å². The van der Waals surface area contributed by atoms with Crippen molar-refractivity contribution in [2.75, 3.05) is 0 Å². The molecule has 1 fully saturated rings. The molecule has 0 nitrogen and oxygen atoms in total. The quantitative estimate of drug-likeness (QED) is 0.436. The number of hydrogen-bond acceptors (Lipinski definition) is 0. The Morgan fingerprint density at radius 3 is 2.45 bits per heavy atom. The van der Waals surface area contributed by atoms with E-state index in [2.05, 4.69) is 46.8 Å². The van der Waals surface area contributed by atoms with E-state index in [0.29, 0.717) is 5.41 Å². The first-order valence-electron chi connectivity index (χ1n) is 8.40. The van der Waals surface area contributed by atoms with E-state index in [4.69, 9.17) is 0 Å². The van der Waals surface area contributed by atoms with Gasteiger partial charge in [-0.25, -0.2) is 0 Å². The first-order valence-corrected chi connectivity index (χ1v) is 8.40. The summed E-state index contributed by atoms with van der Waals surface area (Å²) >= 11 is 0. The minimum absolute atomic E-state index is 0.498. The molecule has 0 spiro atoms. The summed E-state index contributed by atoms with van der Waals surface area (Å²) in [5.41, 5.74) is 7.03. The Hall–Kier alpha value is -0.780. The summed E-state index contributed by atoms with van der Waals surface area (Å²) < 4.78 is 0. The predicted octanol–water partition coefficient (Wildman–Crippen LogP) is 6.60. The van der Waals surface area contributed by atoms with E-state index < -0.39 is 0 Å². The SMILES string of the molecule is CC1=CCC/C(C)=C/C[C@]2(C)CCC(=C(C)C)[C@H]2CC1. The Morgan fingerprint density at radius 2 is 1.75 bits per heavy atom. The van der Waals surface area contributed by atoms with Crippen LogP contribution in [0.4, 0.5) is 0 Å². The summed E-state index contributed by atoms with van der Waals surface area (Å²) in [6, 6.07) is 0. The van der Waals surface area contributed by atoms with Crippen molar-refractivity contribution >= 4 is 0 Å². The molecule has 0 aromatic heterocycles. The lowest BCUT2D eigenvalue weighted by Gasteiger charge is -2.32. The average molecular weight is 272 g/mol. The lowest BCUT2D eigenvalue weighted by molar-refractivity contribution is 0.238. The molecule has 2 rings (SSSR count). The minimum Gasteiger partial charge on any atom is -0.0853 e. The fourth-order valence-corrected chi connectivity index (χ4v) is 4.08. The highest BCUT2D eigenvalue weighted by Crippen LogP contribution is 2.52. The van der Waals surface area contributed by atoms with Gasteiger partial charge in [0.1, 0.15) is 0 Å². The predicted molar refractivity (Wildman–Crippen MR) is 89.8 cm³/mol. The molecule has 0 saturated heterocycles. The fraction of sp³-hybridized carbons (Fsp3) is 0.700. The van der Waals surface area contributed by atoms with Gasteiger partial charge in [-0.2, -0.15) is 0 Å². The maximum absolute atomic E-state index is 2.54. The maximum atomic E-state index is 2.54. The van der Waals surface area contributed by atoms with Crippen molar-refractivity contribution in [2.24, 2.45) is 11.3 Å². The van der Waals surface area contributed by atoms with Gasteiger partial charge in [0.15, 0.2) is 0 Å². The molecule has 0 bridgehead atoms. The van der Waals surface area contributed by atoms with Crippen LogP contribution in [0.2, 0.25) is 0 Å². The zero-order chi connectivity index (χ0) is 14.8. The van der Waals surface area contributed by atoms with Crippen LogP contribution in [0, 0.1) is 11.3 Å². The van der Waals surface area contributed by atoms with Gasteiger partial charge in [0.05, 0.1) is 0 Å². The molecule has 0 heteroatoms. The Kier molecular flexibility index (Phi) is 4.94. The normalized spacial score (nSPS) is 34.6. The van der Waals surface area contributed by atoms with Crippen molar-refractivity contribution in [3.8, 4) is 0 Å². The van der Waals surface area contributed by atoms with E-state index in [9.17, 15) is 0 Å². The molecule has 0 heterocycles. The lowest BCUT2D eigenvalue weighted by Crippen LogP contribution is -2.22. The molecular formula is C20H32. The van der Waals surface area contributed by atoms with Gasteiger partial charge in [0.25, 0.3) is 0 Å². The lowest BCUT2D eigenvalue weighted by atomic mass is 9.72. The number of allylic oxidation sites excluding steroid dienone is 6. The molecule has 0 radical (unpaired) electrons. The topological polar surface area (TPSA) is 0 Å². The molecule has 0 unspecified atom stereocenters. The zero-order valence-electron chi connectivity index (χ0n) is 14.2. The van der Waals surface area contributed by atoms with Crippen molar-refractivity contribution in [1.29, 1.82) is 0 Å². The van der Waals surface area contributed by atoms with Crippen LogP contribution >= 0.6 is 0 Å². The van der Waals surface area contributed by atoms with Crippen molar-refractivity contribution in [3.05, 3.63) is 34.4 Å². The van der Waals surface area contributed by atoms with Gasteiger partial charge in [-0.3, -0.25) is 0 Å². The van der Waals surface area contributed by atoms with Crippen LogP contribution in [0.5, 0.6) is 0 Å². The highest BCUT2D eigenvalue weighted by molar-refractivity contribution is 5.23. The Balaban J connectivity index is 2.31. The van der Waals surface area contributed by atoms with Crippen molar-refractivity contribution in [2.45, 2.75) is 79.6 Å². The number of rotatable bonds is 0. The van der Waals surface area contributed by atoms with Crippen LogP contribution in [0.3, 0.4) is 0 Å². The highest BCUT2D eigenvalue weighted by Gasteiger charge is 2.40. The van der Waals surface area contributed by atoms with Crippen molar-refractivity contribution in [3.63, 3.8) is 0 Å². The van der Waals surface area contributed by atoms with Gasteiger partial charge in [0.2, 0.25) is 0 Å². The monoisotopic (exact) mass is 272 g/mol. The van der Waals surface area contributed by atoms with Gasteiger partial charge in [-0.15, -0.1) is 0 Å². The summed E-state index contributed by atoms with van der Waals surface area (Å²) in [6.07, 6.45) is 14.1. The smallest absolute Gasteiger partial charge is 0.0141 e. The van der Waals surface area contributed by atoms with Gasteiger partial charge >= 0.3 is 0 Å². The first-order chi connectivity index (χ1) is 9.42. The molecule has 0 N–H and O–H groups in total. The minimum atomic E-state index is 0.498. The van der Waals surface area contributed by atoms with E-state index in [1.807, 2.05) is 0 Å². The van der Waals surface area contributed by atoms with Gasteiger partial charge < -0.3 is 0 Å². The molecule has 0 aliphatic heterocycles. The molecule has 0 aromatic rings. The third-order valence-corrected chi connectivity index (χ3v) is 5.65. The summed E-state index contributed by atoms with van der Waals surface area (Å²) in [5, 5.41) is 0. The van der Waals surface area contributed by atoms with Crippen molar-refractivity contribution < 1.29 is 0 Å². The molecule has 1 saturated carbocycles. The molecule has 0 aromatic carbocycles. The highest BCUT2D eigenvalue weighted by atomic mass is 14.5. The van der Waals surface area contributed by atoms with Gasteiger partial charge in [-0.05, 0) is 84.0 Å². The molecule has 2 aliphatic rings. The van der Waals surface area contributed by atoms with Crippen LogP contribution in [0.15, 0.2) is 34.4 Å². The second kappa shape index (κ2) is 6.33. The number of hydrogen-bond donors (Lipinski definition) is 0. The van der Waals surface area contributed by atoms with Crippen LogP contribution in [0.1, 0.15) is 79.6 Å². The van der Waals surface area contributed by atoms with E-state index in [-0.39, 0.29) is 0 Å². The molecule has 2 aliphatic carbocycles. The average Bonchev–Trinajstić information content (AvgIpc) is 2.70. The third-order valence-electron chi connectivity index (χ3n) is 5.65. The second-order valence-corrected chi connectivity index (χ2v) is 7.61. The summed E-state index contributed by atoms with van der Waals surface area (Å²) in [5.74, 6) is 0.804. The van der Waals surface area contributed by atoms with E-state index >= 15 is 0 Å². The van der Waals surface area contributed by atoms with Crippen LogP contribution in [0.25, 0.3) is 0 Å². The Morgan fingerprint density at radius 1 is 1.05 bits per heavy atom. The molecule has 20 heavy (non-hydrogen) atoms. The fourth-order valence-electron chi connectivity index (χ4n) is 4.08. The maximum Gasteiger partial charge on any atom is -0.0141 e. The summed E-state index contributed by atoms with van der Waals surface area (Å²) in [4.78, 5) is 0. The van der Waals surface area contributed by atoms with Crippen LogP contribution in [-0.2, 0) is 0 Å². The molecular weight excluding hydrogens is 240 g/mol.